The summed E-state index contributed by atoms with van der Waals surface area (Å²) in [6.07, 6.45) is 1.03. The molecule has 146 valence electrons. The number of H-pyrrole nitrogens is 1. The third-order valence-corrected chi connectivity index (χ3v) is 4.60. The van der Waals surface area contributed by atoms with Crippen LogP contribution in [0.2, 0.25) is 0 Å². The third-order valence-electron chi connectivity index (χ3n) is 4.60. The summed E-state index contributed by atoms with van der Waals surface area (Å²) in [6, 6.07) is 12.1. The van der Waals surface area contributed by atoms with Crippen LogP contribution in [0.25, 0.3) is 22.4 Å². The average Bonchev–Trinajstić information content (AvgIpc) is 3.10. The van der Waals surface area contributed by atoms with Crippen LogP contribution in [-0.4, -0.2) is 35.8 Å². The maximum Gasteiger partial charge on any atom is 0.412 e. The van der Waals surface area contributed by atoms with Crippen molar-refractivity contribution in [2.24, 2.45) is 0 Å². The molecule has 0 radical (unpaired) electrons. The number of carbonyl (C=O) groups is 1. The fourth-order valence-corrected chi connectivity index (χ4v) is 3.10. The molecule has 0 atom stereocenters. The van der Waals surface area contributed by atoms with E-state index >= 15 is 0 Å². The number of nitrogens with zero attached hydrogens (tertiary/aromatic N) is 2. The molecular weight excluding hydrogens is 352 g/mol. The van der Waals surface area contributed by atoms with E-state index in [1.807, 2.05) is 24.3 Å². The van der Waals surface area contributed by atoms with Gasteiger partial charge in [0.25, 0.3) is 0 Å². The molecule has 0 bridgehead atoms. The van der Waals surface area contributed by atoms with E-state index in [1.54, 1.807) is 0 Å². The predicted octanol–water partition coefficient (Wildman–Crippen LogP) is 5.12. The first-order valence-electron chi connectivity index (χ1n) is 9.46. The number of hydrogen-bond donors (Lipinski definition) is 2. The number of fused-ring (bicyclic) bond motifs is 1. The summed E-state index contributed by atoms with van der Waals surface area (Å²) in [4.78, 5) is 22.4. The summed E-state index contributed by atoms with van der Waals surface area (Å²) >= 11 is 0. The van der Waals surface area contributed by atoms with Crippen molar-refractivity contribution >= 4 is 28.5 Å². The van der Waals surface area contributed by atoms with Crippen molar-refractivity contribution in [1.82, 2.24) is 9.97 Å². The summed E-state index contributed by atoms with van der Waals surface area (Å²) in [7, 11) is 0. The number of nitrogens with one attached hydrogen (secondary N) is 2. The zero-order chi connectivity index (χ0) is 20.1. The van der Waals surface area contributed by atoms with Gasteiger partial charge in [0, 0.05) is 18.7 Å². The van der Waals surface area contributed by atoms with E-state index in [9.17, 15) is 4.79 Å². The number of benzene rings is 2. The number of rotatable bonds is 7. The van der Waals surface area contributed by atoms with E-state index in [0.29, 0.717) is 5.69 Å². The Morgan fingerprint density at radius 2 is 1.96 bits per heavy atom. The molecule has 0 fully saturated rings. The second-order valence-corrected chi connectivity index (χ2v) is 6.52. The molecule has 28 heavy (non-hydrogen) atoms. The van der Waals surface area contributed by atoms with Crippen LogP contribution in [-0.2, 0) is 4.74 Å². The van der Waals surface area contributed by atoms with Crippen molar-refractivity contribution < 1.29 is 9.53 Å². The Labute approximate surface area is 165 Å². The fraction of sp³-hybridized carbons (Fsp3) is 0.273. The Kier molecular flexibility index (Phi) is 5.99. The number of amides is 1. The van der Waals surface area contributed by atoms with E-state index in [2.05, 4.69) is 54.7 Å². The number of ether oxygens (including phenoxy) is 1. The normalized spacial score (nSPS) is 10.7. The molecule has 3 aromatic rings. The molecule has 1 heterocycles. The van der Waals surface area contributed by atoms with Crippen LogP contribution in [0.1, 0.15) is 19.4 Å². The number of aromatic amines is 1. The molecule has 0 aliphatic carbocycles. The molecule has 1 aromatic heterocycles. The lowest BCUT2D eigenvalue weighted by atomic mass is 10.1. The number of imidazole rings is 1. The van der Waals surface area contributed by atoms with Crippen LogP contribution in [0.3, 0.4) is 0 Å². The molecule has 0 aliphatic rings. The molecule has 2 aromatic carbocycles. The first-order chi connectivity index (χ1) is 13.5. The quantitative estimate of drug-likeness (QED) is 0.560. The second-order valence-electron chi connectivity index (χ2n) is 6.52. The summed E-state index contributed by atoms with van der Waals surface area (Å²) in [6.45, 7) is 11.6. The van der Waals surface area contributed by atoms with Gasteiger partial charge >= 0.3 is 6.09 Å². The maximum absolute atomic E-state index is 12.1. The highest BCUT2D eigenvalue weighted by atomic mass is 16.5. The monoisotopic (exact) mass is 378 g/mol. The molecule has 6 heteroatoms. The van der Waals surface area contributed by atoms with Crippen molar-refractivity contribution in [3.05, 3.63) is 54.6 Å². The first kappa shape index (κ1) is 19.5. The van der Waals surface area contributed by atoms with Gasteiger partial charge in [0.15, 0.2) is 0 Å². The van der Waals surface area contributed by atoms with Crippen molar-refractivity contribution in [3.63, 3.8) is 0 Å². The largest absolute Gasteiger partial charge is 0.445 e. The highest BCUT2D eigenvalue weighted by Gasteiger charge is 2.16. The number of carbonyl (C=O) groups excluding carboxylic acids is 1. The van der Waals surface area contributed by atoms with Gasteiger partial charge in [0.1, 0.15) is 12.4 Å². The highest BCUT2D eigenvalue weighted by Crippen LogP contribution is 2.32. The average molecular weight is 378 g/mol. The van der Waals surface area contributed by atoms with Gasteiger partial charge in [0.05, 0.1) is 22.4 Å². The summed E-state index contributed by atoms with van der Waals surface area (Å²) in [5.74, 6) is 0.798. The van der Waals surface area contributed by atoms with Gasteiger partial charge in [-0.2, -0.15) is 0 Å². The van der Waals surface area contributed by atoms with Crippen LogP contribution in [0, 0.1) is 6.92 Å². The van der Waals surface area contributed by atoms with E-state index in [0.717, 1.165) is 41.2 Å². The van der Waals surface area contributed by atoms with Crippen molar-refractivity contribution in [1.29, 1.82) is 0 Å². The number of aromatic nitrogens is 2. The van der Waals surface area contributed by atoms with Crippen molar-refractivity contribution in [3.8, 4) is 11.4 Å². The number of anilines is 2. The lowest BCUT2D eigenvalue weighted by molar-refractivity contribution is 0.174. The molecule has 0 aliphatic heterocycles. The number of aryl methyl sites for hydroxylation is 1. The maximum atomic E-state index is 12.1. The van der Waals surface area contributed by atoms with E-state index < -0.39 is 6.09 Å². The fourth-order valence-electron chi connectivity index (χ4n) is 3.10. The Morgan fingerprint density at radius 3 is 2.61 bits per heavy atom. The Hall–Kier alpha value is -3.28. The minimum atomic E-state index is -0.512. The number of hydrogen-bond acceptors (Lipinski definition) is 4. The Morgan fingerprint density at radius 1 is 1.25 bits per heavy atom. The molecule has 1 amide bonds. The smallest absolute Gasteiger partial charge is 0.412 e. The molecule has 3 rings (SSSR count). The lowest BCUT2D eigenvalue weighted by Gasteiger charge is -2.24. The summed E-state index contributed by atoms with van der Waals surface area (Å²) in [5.41, 5.74) is 5.52. The minimum absolute atomic E-state index is 0.161. The molecular formula is C22H26N4O2. The molecule has 0 spiro atoms. The molecule has 2 N–H and O–H groups in total. The van der Waals surface area contributed by atoms with Crippen LogP contribution < -0.4 is 10.2 Å². The predicted molar refractivity (Wildman–Crippen MR) is 115 cm³/mol. The Balaban J connectivity index is 2.03. The van der Waals surface area contributed by atoms with E-state index in [-0.39, 0.29) is 6.61 Å². The van der Waals surface area contributed by atoms with Gasteiger partial charge in [-0.25, -0.2) is 9.78 Å². The second kappa shape index (κ2) is 8.61. The standard InChI is InChI=1S/C22H26N4O2/c1-5-12-28-22(27)25-19-13-17-18(14-20(19)26(6-2)7-3)24-21(23-17)16-10-8-15(4)9-11-16/h5,8-11,13-14H,1,6-7,12H2,2-4H3,(H,23,24)(H,25,27). The molecule has 0 saturated heterocycles. The van der Waals surface area contributed by atoms with Gasteiger partial charge in [-0.3, -0.25) is 5.32 Å². The summed E-state index contributed by atoms with van der Waals surface area (Å²) in [5, 5.41) is 2.84. The van der Waals surface area contributed by atoms with Gasteiger partial charge in [-0.05, 0) is 32.9 Å². The summed E-state index contributed by atoms with van der Waals surface area (Å²) < 4.78 is 5.08. The Bertz CT molecular complexity index is 972. The van der Waals surface area contributed by atoms with Gasteiger partial charge in [0.2, 0.25) is 0 Å². The zero-order valence-electron chi connectivity index (χ0n) is 16.6. The van der Waals surface area contributed by atoms with E-state index in [1.165, 1.54) is 11.6 Å². The minimum Gasteiger partial charge on any atom is -0.445 e. The first-order valence-corrected chi connectivity index (χ1v) is 9.46. The lowest BCUT2D eigenvalue weighted by Crippen LogP contribution is -2.24. The van der Waals surface area contributed by atoms with Crippen LogP contribution in [0.5, 0.6) is 0 Å². The molecule has 0 unspecified atom stereocenters. The van der Waals surface area contributed by atoms with Crippen LogP contribution >= 0.6 is 0 Å². The highest BCUT2D eigenvalue weighted by molar-refractivity contribution is 5.96. The van der Waals surface area contributed by atoms with E-state index in [4.69, 9.17) is 9.72 Å². The topological polar surface area (TPSA) is 70.2 Å². The van der Waals surface area contributed by atoms with Crippen molar-refractivity contribution in [2.75, 3.05) is 29.9 Å². The SMILES string of the molecule is C=CCOC(=O)Nc1cc2nc(-c3ccc(C)cc3)[nH]c2cc1N(CC)CC. The molecule has 6 nitrogen and oxygen atoms in total. The van der Waals surface area contributed by atoms with Crippen LogP contribution in [0.4, 0.5) is 16.2 Å². The van der Waals surface area contributed by atoms with Crippen LogP contribution in [0.15, 0.2) is 49.1 Å². The van der Waals surface area contributed by atoms with Crippen molar-refractivity contribution in [2.45, 2.75) is 20.8 Å². The molecule has 0 saturated carbocycles. The van der Waals surface area contributed by atoms with Gasteiger partial charge in [-0.1, -0.05) is 42.5 Å². The van der Waals surface area contributed by atoms with Gasteiger partial charge < -0.3 is 14.6 Å². The van der Waals surface area contributed by atoms with Gasteiger partial charge in [-0.15, -0.1) is 0 Å². The zero-order valence-corrected chi connectivity index (χ0v) is 16.6. The third kappa shape index (κ3) is 4.17.